The molecule has 0 spiro atoms. The van der Waals surface area contributed by atoms with Crippen LogP contribution < -0.4 is 5.32 Å². The third-order valence-electron chi connectivity index (χ3n) is 3.32. The maximum atomic E-state index is 13.0. The first-order valence-corrected chi connectivity index (χ1v) is 6.67. The molecule has 0 fully saturated rings. The lowest BCUT2D eigenvalue weighted by molar-refractivity contribution is -0.116. The zero-order valence-corrected chi connectivity index (χ0v) is 11.7. The maximum absolute atomic E-state index is 13.0. The van der Waals surface area contributed by atoms with Crippen molar-refractivity contribution in [2.24, 2.45) is 0 Å². The highest BCUT2D eigenvalue weighted by Crippen LogP contribution is 2.21. The molecule has 2 aromatic carbocycles. The lowest BCUT2D eigenvalue weighted by atomic mass is 9.97. The van der Waals surface area contributed by atoms with Crippen molar-refractivity contribution in [2.45, 2.75) is 26.2 Å². The second-order valence-corrected chi connectivity index (χ2v) is 5.02. The van der Waals surface area contributed by atoms with Gasteiger partial charge in [0.2, 0.25) is 5.91 Å². The number of hydrogen-bond acceptors (Lipinski definition) is 1. The van der Waals surface area contributed by atoms with E-state index in [1.54, 1.807) is 13.0 Å². The van der Waals surface area contributed by atoms with Crippen LogP contribution in [0.15, 0.2) is 48.5 Å². The highest BCUT2D eigenvalue weighted by atomic mass is 19.1. The van der Waals surface area contributed by atoms with Gasteiger partial charge in [0.15, 0.2) is 0 Å². The molecule has 0 radical (unpaired) electrons. The quantitative estimate of drug-likeness (QED) is 0.884. The smallest absolute Gasteiger partial charge is 0.224 e. The number of halogens is 1. The van der Waals surface area contributed by atoms with Crippen LogP contribution in [0.25, 0.3) is 0 Å². The normalized spacial score (nSPS) is 11.9. The van der Waals surface area contributed by atoms with Gasteiger partial charge in [0.05, 0.1) is 0 Å². The molecule has 1 N–H and O–H groups in total. The van der Waals surface area contributed by atoms with E-state index >= 15 is 0 Å². The molecule has 2 nitrogen and oxygen atoms in total. The summed E-state index contributed by atoms with van der Waals surface area (Å²) in [6.07, 6.45) is 0.404. The van der Waals surface area contributed by atoms with Gasteiger partial charge >= 0.3 is 0 Å². The zero-order chi connectivity index (χ0) is 14.5. The predicted molar refractivity (Wildman–Crippen MR) is 79.2 cm³/mol. The number of hydrogen-bond donors (Lipinski definition) is 1. The van der Waals surface area contributed by atoms with Crippen molar-refractivity contribution in [3.05, 3.63) is 65.5 Å². The second kappa shape index (κ2) is 6.33. The van der Waals surface area contributed by atoms with Crippen molar-refractivity contribution in [3.8, 4) is 0 Å². The Morgan fingerprint density at radius 1 is 1.20 bits per heavy atom. The number of amides is 1. The summed E-state index contributed by atoms with van der Waals surface area (Å²) in [4.78, 5) is 12.0. The van der Waals surface area contributed by atoms with E-state index in [1.165, 1.54) is 12.1 Å². The van der Waals surface area contributed by atoms with Crippen molar-refractivity contribution in [3.63, 3.8) is 0 Å². The molecule has 0 heterocycles. The second-order valence-electron chi connectivity index (χ2n) is 5.02. The standard InChI is InChI=1S/C17H18FNO/c1-12(14-6-4-3-5-7-14)11-17(20)19-16-9-8-15(18)10-13(16)2/h3-10,12H,11H2,1-2H3,(H,19,20)/t12-/m0/s1. The van der Waals surface area contributed by atoms with Crippen LogP contribution >= 0.6 is 0 Å². The molecule has 0 saturated carbocycles. The fourth-order valence-electron chi connectivity index (χ4n) is 2.15. The summed E-state index contributed by atoms with van der Waals surface area (Å²) in [7, 11) is 0. The van der Waals surface area contributed by atoms with Gasteiger partial charge in [0.25, 0.3) is 0 Å². The summed E-state index contributed by atoms with van der Waals surface area (Å²) < 4.78 is 13.0. The van der Waals surface area contributed by atoms with Gasteiger partial charge in [-0.1, -0.05) is 37.3 Å². The van der Waals surface area contributed by atoms with Crippen molar-refractivity contribution in [1.29, 1.82) is 0 Å². The molecule has 0 unspecified atom stereocenters. The molecule has 1 amide bonds. The Hall–Kier alpha value is -2.16. The summed E-state index contributed by atoms with van der Waals surface area (Å²) in [5, 5.41) is 2.83. The van der Waals surface area contributed by atoms with E-state index in [4.69, 9.17) is 0 Å². The van der Waals surface area contributed by atoms with E-state index in [-0.39, 0.29) is 17.6 Å². The average molecular weight is 271 g/mol. The van der Waals surface area contributed by atoms with Crippen LogP contribution in [0.1, 0.15) is 30.4 Å². The lowest BCUT2D eigenvalue weighted by Gasteiger charge is -2.13. The van der Waals surface area contributed by atoms with E-state index in [9.17, 15) is 9.18 Å². The Kier molecular flexibility index (Phi) is 4.51. The zero-order valence-electron chi connectivity index (χ0n) is 11.7. The number of aryl methyl sites for hydroxylation is 1. The predicted octanol–water partition coefficient (Wildman–Crippen LogP) is 4.27. The monoisotopic (exact) mass is 271 g/mol. The number of anilines is 1. The van der Waals surface area contributed by atoms with Gasteiger partial charge in [-0.25, -0.2) is 4.39 Å². The van der Waals surface area contributed by atoms with E-state index in [0.717, 1.165) is 11.1 Å². The van der Waals surface area contributed by atoms with Gasteiger partial charge in [0.1, 0.15) is 5.82 Å². The number of benzene rings is 2. The van der Waals surface area contributed by atoms with Gasteiger partial charge in [-0.3, -0.25) is 4.79 Å². The van der Waals surface area contributed by atoms with Crippen LogP contribution in [0, 0.1) is 12.7 Å². The summed E-state index contributed by atoms with van der Waals surface area (Å²) >= 11 is 0. The molecule has 0 bridgehead atoms. The Labute approximate surface area is 118 Å². The number of nitrogens with one attached hydrogen (secondary N) is 1. The van der Waals surface area contributed by atoms with E-state index in [2.05, 4.69) is 5.32 Å². The number of carbonyl (C=O) groups excluding carboxylic acids is 1. The van der Waals surface area contributed by atoms with Crippen molar-refractivity contribution >= 4 is 11.6 Å². The van der Waals surface area contributed by atoms with Crippen LogP contribution in [0.5, 0.6) is 0 Å². The Morgan fingerprint density at radius 3 is 2.55 bits per heavy atom. The van der Waals surface area contributed by atoms with Crippen molar-refractivity contribution in [2.75, 3.05) is 5.32 Å². The highest BCUT2D eigenvalue weighted by Gasteiger charge is 2.12. The molecule has 20 heavy (non-hydrogen) atoms. The van der Waals surface area contributed by atoms with E-state index in [1.807, 2.05) is 37.3 Å². The fourth-order valence-corrected chi connectivity index (χ4v) is 2.15. The maximum Gasteiger partial charge on any atom is 0.224 e. The van der Waals surface area contributed by atoms with Crippen LogP contribution in [0.3, 0.4) is 0 Å². The molecule has 0 aliphatic heterocycles. The molecule has 1 atom stereocenters. The van der Waals surface area contributed by atoms with Gasteiger partial charge in [-0.2, -0.15) is 0 Å². The minimum absolute atomic E-state index is 0.0592. The molecule has 2 rings (SSSR count). The summed E-state index contributed by atoms with van der Waals surface area (Å²) in [5.74, 6) is -0.203. The lowest BCUT2D eigenvalue weighted by Crippen LogP contribution is -2.15. The van der Waals surface area contributed by atoms with Crippen molar-refractivity contribution in [1.82, 2.24) is 0 Å². The molecule has 0 saturated heterocycles. The fraction of sp³-hybridized carbons (Fsp3) is 0.235. The van der Waals surface area contributed by atoms with Gasteiger partial charge < -0.3 is 5.32 Å². The molecular weight excluding hydrogens is 253 g/mol. The average Bonchev–Trinajstić information content (AvgIpc) is 2.43. The minimum atomic E-state index is -0.293. The van der Waals surface area contributed by atoms with E-state index in [0.29, 0.717) is 12.1 Å². The highest BCUT2D eigenvalue weighted by molar-refractivity contribution is 5.91. The third-order valence-corrected chi connectivity index (χ3v) is 3.32. The molecule has 104 valence electrons. The van der Waals surface area contributed by atoms with Gasteiger partial charge in [0, 0.05) is 12.1 Å². The summed E-state index contributed by atoms with van der Waals surface area (Å²) in [6.45, 7) is 3.80. The van der Waals surface area contributed by atoms with Gasteiger partial charge in [-0.15, -0.1) is 0 Å². The Morgan fingerprint density at radius 2 is 1.90 bits per heavy atom. The van der Waals surface area contributed by atoms with E-state index < -0.39 is 0 Å². The minimum Gasteiger partial charge on any atom is -0.326 e. The van der Waals surface area contributed by atoms with Crippen LogP contribution in [-0.4, -0.2) is 5.91 Å². The number of carbonyl (C=O) groups is 1. The third kappa shape index (κ3) is 3.67. The largest absolute Gasteiger partial charge is 0.326 e. The Bertz CT molecular complexity index is 595. The summed E-state index contributed by atoms with van der Waals surface area (Å²) in [6, 6.07) is 14.3. The summed E-state index contributed by atoms with van der Waals surface area (Å²) in [5.41, 5.74) is 2.53. The molecule has 2 aromatic rings. The first-order chi connectivity index (χ1) is 9.56. The molecule has 0 aliphatic carbocycles. The molecule has 0 aromatic heterocycles. The molecule has 3 heteroatoms. The molecular formula is C17H18FNO. The van der Waals surface area contributed by atoms with Crippen LogP contribution in [-0.2, 0) is 4.79 Å². The van der Waals surface area contributed by atoms with Crippen LogP contribution in [0.2, 0.25) is 0 Å². The molecule has 0 aliphatic rings. The van der Waals surface area contributed by atoms with Crippen LogP contribution in [0.4, 0.5) is 10.1 Å². The number of rotatable bonds is 4. The van der Waals surface area contributed by atoms with Crippen molar-refractivity contribution < 1.29 is 9.18 Å². The Balaban J connectivity index is 1.99. The SMILES string of the molecule is Cc1cc(F)ccc1NC(=O)C[C@H](C)c1ccccc1. The van der Waals surface area contributed by atoms with Gasteiger partial charge in [-0.05, 0) is 42.2 Å². The first-order valence-electron chi connectivity index (χ1n) is 6.67. The topological polar surface area (TPSA) is 29.1 Å². The first kappa shape index (κ1) is 14.3.